The smallest absolute Gasteiger partial charge is 0.269 e. The summed E-state index contributed by atoms with van der Waals surface area (Å²) in [6.07, 6.45) is 8.70. The summed E-state index contributed by atoms with van der Waals surface area (Å²) in [5.41, 5.74) is 1.15. The number of benzene rings is 1. The van der Waals surface area contributed by atoms with Gasteiger partial charge in [0.1, 0.15) is 5.71 Å². The lowest BCUT2D eigenvalue weighted by molar-refractivity contribution is -0.115. The second-order valence-electron chi connectivity index (χ2n) is 9.60. The quantitative estimate of drug-likeness (QED) is 0.218. The SMILES string of the molecule is CSC(=N)C[C@H](CCN1CCCC(F)(F)C1)NC(=O)C(=N)/C=C(\NC1CCCC1)c1ccccc1Cl. The third kappa shape index (κ3) is 8.85. The maximum Gasteiger partial charge on any atom is 0.269 e. The topological polar surface area (TPSA) is 92.1 Å². The first-order valence-corrected chi connectivity index (χ1v) is 14.1. The van der Waals surface area contributed by atoms with E-state index in [0.717, 1.165) is 31.2 Å². The highest BCUT2D eigenvalue weighted by atomic mass is 35.5. The first-order valence-electron chi connectivity index (χ1n) is 12.5. The molecule has 3 rings (SSSR count). The van der Waals surface area contributed by atoms with Crippen molar-refractivity contribution >= 4 is 45.7 Å². The van der Waals surface area contributed by atoms with Crippen molar-refractivity contribution < 1.29 is 13.6 Å². The van der Waals surface area contributed by atoms with Crippen LogP contribution in [0.25, 0.3) is 5.70 Å². The fourth-order valence-electron chi connectivity index (χ4n) is 4.75. The Balaban J connectivity index is 1.69. The van der Waals surface area contributed by atoms with Gasteiger partial charge in [0.05, 0.1) is 11.6 Å². The van der Waals surface area contributed by atoms with Crippen molar-refractivity contribution in [2.24, 2.45) is 0 Å². The Morgan fingerprint density at radius 3 is 2.67 bits per heavy atom. The second kappa shape index (κ2) is 13.5. The summed E-state index contributed by atoms with van der Waals surface area (Å²) in [4.78, 5) is 14.7. The van der Waals surface area contributed by atoms with Crippen molar-refractivity contribution in [2.75, 3.05) is 25.9 Å². The van der Waals surface area contributed by atoms with E-state index in [4.69, 9.17) is 22.4 Å². The molecule has 0 unspecified atom stereocenters. The highest BCUT2D eigenvalue weighted by Gasteiger charge is 2.35. The molecule has 0 radical (unpaired) electrons. The first-order chi connectivity index (χ1) is 17.2. The molecule has 1 aliphatic carbocycles. The number of nitrogens with one attached hydrogen (secondary N) is 4. The van der Waals surface area contributed by atoms with Crippen LogP contribution in [0, 0.1) is 10.8 Å². The normalized spacial score (nSPS) is 19.6. The molecule has 1 aromatic carbocycles. The number of hydrogen-bond acceptors (Lipinski definition) is 6. The van der Waals surface area contributed by atoms with Crippen LogP contribution in [0.4, 0.5) is 8.78 Å². The summed E-state index contributed by atoms with van der Waals surface area (Å²) < 4.78 is 27.6. The van der Waals surface area contributed by atoms with Gasteiger partial charge in [-0.15, -0.1) is 11.8 Å². The van der Waals surface area contributed by atoms with Gasteiger partial charge in [-0.3, -0.25) is 20.5 Å². The fraction of sp³-hybridized carbons (Fsp3) is 0.577. The highest BCUT2D eigenvalue weighted by Crippen LogP contribution is 2.27. The summed E-state index contributed by atoms with van der Waals surface area (Å²) in [6.45, 7) is 0.725. The molecule has 2 aliphatic rings. The van der Waals surface area contributed by atoms with Gasteiger partial charge in [-0.2, -0.15) is 0 Å². The van der Waals surface area contributed by atoms with Crippen LogP contribution in [0.3, 0.4) is 0 Å². The molecule has 2 fully saturated rings. The maximum absolute atomic E-state index is 13.8. The lowest BCUT2D eigenvalue weighted by Gasteiger charge is -2.33. The van der Waals surface area contributed by atoms with Gasteiger partial charge in [-0.25, -0.2) is 8.78 Å². The van der Waals surface area contributed by atoms with E-state index in [1.165, 1.54) is 17.8 Å². The van der Waals surface area contributed by atoms with Gasteiger partial charge in [0, 0.05) is 47.8 Å². The molecule has 0 spiro atoms. The Kier molecular flexibility index (Phi) is 10.8. The number of thioether (sulfide) groups is 1. The van der Waals surface area contributed by atoms with Crippen LogP contribution in [0.2, 0.25) is 5.02 Å². The predicted octanol–water partition coefficient (Wildman–Crippen LogP) is 5.57. The van der Waals surface area contributed by atoms with E-state index in [2.05, 4.69) is 10.6 Å². The Bertz CT molecular complexity index is 967. The molecule has 36 heavy (non-hydrogen) atoms. The molecule has 1 aliphatic heterocycles. The molecular formula is C26H36ClF2N5OS. The summed E-state index contributed by atoms with van der Waals surface area (Å²) in [7, 11) is 0. The number of amides is 1. The molecule has 1 aromatic rings. The van der Waals surface area contributed by atoms with Crippen molar-refractivity contribution in [2.45, 2.75) is 69.4 Å². The van der Waals surface area contributed by atoms with Crippen LogP contribution in [0.1, 0.15) is 56.9 Å². The number of carbonyl (C=O) groups is 1. The van der Waals surface area contributed by atoms with Crippen LogP contribution in [0.5, 0.6) is 0 Å². The summed E-state index contributed by atoms with van der Waals surface area (Å²) in [5.74, 6) is -3.24. The van der Waals surface area contributed by atoms with Crippen LogP contribution in [-0.2, 0) is 4.79 Å². The minimum absolute atomic E-state index is 0.0903. The average molecular weight is 540 g/mol. The fourth-order valence-corrected chi connectivity index (χ4v) is 5.35. The molecule has 198 valence electrons. The lowest BCUT2D eigenvalue weighted by Crippen LogP contribution is -2.46. The van der Waals surface area contributed by atoms with Crippen LogP contribution in [0.15, 0.2) is 30.3 Å². The van der Waals surface area contributed by atoms with Gasteiger partial charge in [-0.1, -0.05) is 42.6 Å². The van der Waals surface area contributed by atoms with Crippen LogP contribution in [-0.4, -0.2) is 65.5 Å². The van der Waals surface area contributed by atoms with E-state index in [-0.39, 0.29) is 24.7 Å². The highest BCUT2D eigenvalue weighted by molar-refractivity contribution is 8.13. The lowest BCUT2D eigenvalue weighted by atomic mass is 10.0. The number of hydrogen-bond donors (Lipinski definition) is 4. The minimum atomic E-state index is -2.68. The standard InChI is InChI=1S/C26H36ClF2N5OS/c1-36-24(31)15-19(11-14-34-13-6-12-26(28,29)17-34)33-25(35)22(30)16-23(32-18-7-2-3-8-18)20-9-4-5-10-21(20)27/h4-5,9-10,16,18-19,30-32H,2-3,6-8,11-15,17H2,1H3,(H,33,35)/b23-16-,30-22?,31-24?/t19-/m0/s1. The Hall–Kier alpha value is -1.97. The number of nitrogens with zero attached hydrogens (tertiary/aromatic N) is 1. The van der Waals surface area contributed by atoms with E-state index >= 15 is 0 Å². The Labute approximate surface area is 221 Å². The zero-order chi connectivity index (χ0) is 26.1. The van der Waals surface area contributed by atoms with Crippen LogP contribution >= 0.6 is 23.4 Å². The molecule has 10 heteroatoms. The molecule has 0 bridgehead atoms. The monoisotopic (exact) mass is 539 g/mol. The largest absolute Gasteiger partial charge is 0.382 e. The molecule has 0 aromatic heterocycles. The number of likely N-dealkylation sites (tertiary alicyclic amines) is 1. The number of alkyl halides is 2. The minimum Gasteiger partial charge on any atom is -0.382 e. The van der Waals surface area contributed by atoms with E-state index in [9.17, 15) is 13.6 Å². The molecule has 1 atom stereocenters. The molecule has 1 saturated heterocycles. The first kappa shape index (κ1) is 28.6. The molecular weight excluding hydrogens is 504 g/mol. The second-order valence-corrected chi connectivity index (χ2v) is 10.9. The summed E-state index contributed by atoms with van der Waals surface area (Å²) >= 11 is 7.71. The Morgan fingerprint density at radius 2 is 2.00 bits per heavy atom. The van der Waals surface area contributed by atoms with Gasteiger partial charge >= 0.3 is 0 Å². The predicted molar refractivity (Wildman–Crippen MR) is 146 cm³/mol. The van der Waals surface area contributed by atoms with Crippen LogP contribution < -0.4 is 10.6 Å². The number of piperidine rings is 1. The molecule has 1 heterocycles. The van der Waals surface area contributed by atoms with Gasteiger partial charge in [0.2, 0.25) is 0 Å². The number of rotatable bonds is 11. The third-order valence-corrected chi connectivity index (χ3v) is 7.68. The van der Waals surface area contributed by atoms with Gasteiger partial charge in [0.15, 0.2) is 0 Å². The van der Waals surface area contributed by atoms with E-state index in [1.807, 2.05) is 18.2 Å². The van der Waals surface area contributed by atoms with Crippen molar-refractivity contribution in [1.82, 2.24) is 15.5 Å². The average Bonchev–Trinajstić information content (AvgIpc) is 3.35. The zero-order valence-electron chi connectivity index (χ0n) is 20.7. The van der Waals surface area contributed by atoms with Crippen molar-refractivity contribution in [3.63, 3.8) is 0 Å². The van der Waals surface area contributed by atoms with Gasteiger partial charge in [0.25, 0.3) is 11.8 Å². The van der Waals surface area contributed by atoms with Crippen molar-refractivity contribution in [3.05, 3.63) is 40.9 Å². The van der Waals surface area contributed by atoms with E-state index < -0.39 is 17.9 Å². The molecule has 1 amide bonds. The summed E-state index contributed by atoms with van der Waals surface area (Å²) in [6, 6.07) is 7.18. The van der Waals surface area contributed by atoms with Gasteiger partial charge in [-0.05, 0) is 50.6 Å². The van der Waals surface area contributed by atoms with E-state index in [1.54, 1.807) is 17.2 Å². The number of carbonyl (C=O) groups excluding carboxylic acids is 1. The molecule has 1 saturated carbocycles. The van der Waals surface area contributed by atoms with Gasteiger partial charge < -0.3 is 10.6 Å². The zero-order valence-corrected chi connectivity index (χ0v) is 22.3. The molecule has 6 nitrogen and oxygen atoms in total. The number of halogens is 3. The summed E-state index contributed by atoms with van der Waals surface area (Å²) in [5, 5.41) is 23.8. The molecule has 4 N–H and O–H groups in total. The van der Waals surface area contributed by atoms with E-state index in [0.29, 0.717) is 48.1 Å². The van der Waals surface area contributed by atoms with Crippen molar-refractivity contribution in [3.8, 4) is 0 Å². The third-order valence-electron chi connectivity index (χ3n) is 6.69. The van der Waals surface area contributed by atoms with Crippen molar-refractivity contribution in [1.29, 1.82) is 10.8 Å². The maximum atomic E-state index is 13.8. The Morgan fingerprint density at radius 1 is 1.28 bits per heavy atom.